The van der Waals surface area contributed by atoms with E-state index in [-0.39, 0.29) is 27.1 Å². The smallest absolute Gasteiger partial charge is 0.0618 e. The van der Waals surface area contributed by atoms with E-state index in [9.17, 15) is 0 Å². The first-order valence-corrected chi connectivity index (χ1v) is 36.4. The topological polar surface area (TPSA) is 16.3 Å². The lowest BCUT2D eigenvalue weighted by molar-refractivity contribution is 0.590. The highest BCUT2D eigenvalue weighted by atomic mass is 15.2. The molecule has 0 atom stereocenters. The fraction of sp³-hybridized carbons (Fsp3) is 0.204. The zero-order valence-corrected chi connectivity index (χ0v) is 62.1. The molecule has 2 heterocycles. The van der Waals surface area contributed by atoms with E-state index in [1.165, 1.54) is 71.4 Å². The molecule has 0 aliphatic heterocycles. The molecular weight excluding hydrogens is 1230 g/mol. The van der Waals surface area contributed by atoms with Gasteiger partial charge in [0.25, 0.3) is 0 Å². The lowest BCUT2D eigenvalue weighted by Gasteiger charge is -2.35. The average Bonchev–Trinajstić information content (AvgIpc) is 1.25. The second-order valence-electron chi connectivity index (χ2n) is 33.2. The number of aromatic nitrogens is 2. The number of hydrogen-bond donors (Lipinski definition) is 0. The third-order valence-electron chi connectivity index (χ3n) is 20.8. The molecule has 0 fully saturated rings. The van der Waals surface area contributed by atoms with E-state index in [0.29, 0.717) is 0 Å². The number of hydrogen-bond acceptors (Lipinski definition) is 2. The van der Waals surface area contributed by atoms with Gasteiger partial charge < -0.3 is 18.9 Å². The van der Waals surface area contributed by atoms with Crippen molar-refractivity contribution in [3.8, 4) is 55.9 Å². The van der Waals surface area contributed by atoms with Crippen LogP contribution in [0, 0.1) is 0 Å². The Bertz CT molecular complexity index is 5040. The fourth-order valence-corrected chi connectivity index (χ4v) is 15.1. The third kappa shape index (κ3) is 12.5. The minimum Gasteiger partial charge on any atom is -0.309 e. The van der Waals surface area contributed by atoms with Crippen LogP contribution in [0.5, 0.6) is 0 Å². The molecule has 0 aliphatic rings. The number of rotatable bonds is 12. The van der Waals surface area contributed by atoms with Gasteiger partial charge in [0, 0.05) is 77.9 Å². The van der Waals surface area contributed by atoms with Gasteiger partial charge in [-0.15, -0.1) is 0 Å². The minimum absolute atomic E-state index is 0.0430. The summed E-state index contributed by atoms with van der Waals surface area (Å²) in [6, 6.07) is 112. The van der Waals surface area contributed by atoms with Gasteiger partial charge >= 0.3 is 0 Å². The Labute approximate surface area is 604 Å². The molecule has 0 saturated heterocycles. The van der Waals surface area contributed by atoms with Crippen molar-refractivity contribution >= 4 is 77.7 Å². The van der Waals surface area contributed by atoms with Gasteiger partial charge in [-0.25, -0.2) is 0 Å². The number of para-hydroxylation sites is 2. The monoisotopic (exact) mass is 1330 g/mol. The summed E-state index contributed by atoms with van der Waals surface area (Å²) in [4.78, 5) is 5.17. The molecule has 0 N–H and O–H groups in total. The molecule has 506 valence electrons. The van der Waals surface area contributed by atoms with Crippen molar-refractivity contribution in [2.45, 2.75) is 131 Å². The molecule has 13 aromatic carbocycles. The molecule has 4 heteroatoms. The molecule has 0 unspecified atom stereocenters. The van der Waals surface area contributed by atoms with E-state index >= 15 is 0 Å². The lowest BCUT2D eigenvalue weighted by Crippen LogP contribution is -2.19. The van der Waals surface area contributed by atoms with Crippen LogP contribution in [0.4, 0.5) is 34.1 Å². The maximum absolute atomic E-state index is 2.59. The van der Waals surface area contributed by atoms with Gasteiger partial charge in [-0.05, 0) is 180 Å². The second-order valence-corrected chi connectivity index (χ2v) is 33.2. The molecule has 15 aromatic rings. The predicted molar refractivity (Wildman–Crippen MR) is 440 cm³/mol. The normalized spacial score (nSPS) is 12.5. The molecule has 15 rings (SSSR count). The summed E-state index contributed by atoms with van der Waals surface area (Å²) in [5.74, 6) is 0. The molecule has 0 bridgehead atoms. The molecule has 2 aromatic heterocycles. The Morgan fingerprint density at radius 2 is 0.461 bits per heavy atom. The molecule has 0 radical (unpaired) electrons. The van der Waals surface area contributed by atoms with E-state index in [1.807, 2.05) is 0 Å². The van der Waals surface area contributed by atoms with Gasteiger partial charge in [-0.2, -0.15) is 0 Å². The van der Waals surface area contributed by atoms with Gasteiger partial charge in [0.2, 0.25) is 0 Å². The maximum Gasteiger partial charge on any atom is 0.0618 e. The lowest BCUT2D eigenvalue weighted by atomic mass is 9.85. The Morgan fingerprint density at radius 3 is 0.716 bits per heavy atom. The van der Waals surface area contributed by atoms with Crippen LogP contribution in [0.25, 0.3) is 99.5 Å². The van der Waals surface area contributed by atoms with Gasteiger partial charge in [0.1, 0.15) is 0 Å². The fourth-order valence-electron chi connectivity index (χ4n) is 15.1. The first kappa shape index (κ1) is 66.9. The molecule has 0 aliphatic carbocycles. The highest BCUT2D eigenvalue weighted by Gasteiger charge is 2.31. The first-order chi connectivity index (χ1) is 48.8. The summed E-state index contributed by atoms with van der Waals surface area (Å²) >= 11 is 0. The largest absolute Gasteiger partial charge is 0.309 e. The van der Waals surface area contributed by atoms with Crippen molar-refractivity contribution in [2.24, 2.45) is 0 Å². The van der Waals surface area contributed by atoms with E-state index in [0.717, 1.165) is 90.0 Å². The van der Waals surface area contributed by atoms with Crippen molar-refractivity contribution in [2.75, 3.05) is 9.80 Å². The number of fused-ring (bicyclic) bond motifs is 6. The Hall–Kier alpha value is -10.9. The van der Waals surface area contributed by atoms with Crippen LogP contribution in [0.15, 0.2) is 297 Å². The Morgan fingerprint density at radius 1 is 0.206 bits per heavy atom. The predicted octanol–water partition coefficient (Wildman–Crippen LogP) is 28.0. The van der Waals surface area contributed by atoms with Crippen LogP contribution in [0.3, 0.4) is 0 Å². The second kappa shape index (κ2) is 25.6. The van der Waals surface area contributed by atoms with E-state index in [1.54, 1.807) is 0 Å². The number of benzene rings is 13. The zero-order chi connectivity index (χ0) is 71.2. The van der Waals surface area contributed by atoms with E-state index in [4.69, 9.17) is 0 Å². The van der Waals surface area contributed by atoms with Crippen LogP contribution >= 0.6 is 0 Å². The van der Waals surface area contributed by atoms with Gasteiger partial charge in [-0.3, -0.25) is 0 Å². The van der Waals surface area contributed by atoms with Crippen LogP contribution < -0.4 is 9.80 Å². The maximum atomic E-state index is 2.59. The Kier molecular flexibility index (Phi) is 16.8. The van der Waals surface area contributed by atoms with Crippen LogP contribution in [0.1, 0.15) is 132 Å². The molecule has 0 amide bonds. The minimum atomic E-state index is -0.338. The van der Waals surface area contributed by atoms with Crippen molar-refractivity contribution in [1.82, 2.24) is 9.13 Å². The van der Waals surface area contributed by atoms with E-state index in [2.05, 4.69) is 420 Å². The van der Waals surface area contributed by atoms with Crippen molar-refractivity contribution in [3.63, 3.8) is 0 Å². The molecular formula is C98H94N4. The molecule has 0 saturated carbocycles. The third-order valence-corrected chi connectivity index (χ3v) is 20.8. The van der Waals surface area contributed by atoms with Gasteiger partial charge in [0.05, 0.1) is 33.4 Å². The molecule has 4 nitrogen and oxygen atoms in total. The van der Waals surface area contributed by atoms with Crippen molar-refractivity contribution < 1.29 is 0 Å². The quantitative estimate of drug-likeness (QED) is 0.121. The summed E-state index contributed by atoms with van der Waals surface area (Å²) in [5, 5.41) is 5.02. The van der Waals surface area contributed by atoms with Gasteiger partial charge in [0.15, 0.2) is 0 Å². The molecule has 102 heavy (non-hydrogen) atoms. The highest BCUT2D eigenvalue weighted by Crippen LogP contribution is 2.53. The zero-order valence-electron chi connectivity index (χ0n) is 62.1. The van der Waals surface area contributed by atoms with Crippen molar-refractivity contribution in [3.05, 3.63) is 325 Å². The van der Waals surface area contributed by atoms with Crippen LogP contribution in [-0.4, -0.2) is 9.13 Å². The summed E-state index contributed by atoms with van der Waals surface area (Å²) in [7, 11) is 0. The number of nitrogens with zero attached hydrogens (tertiary/aromatic N) is 4. The first-order valence-electron chi connectivity index (χ1n) is 36.4. The highest BCUT2D eigenvalue weighted by molar-refractivity contribution is 6.12. The number of anilines is 6. The summed E-state index contributed by atoms with van der Waals surface area (Å²) in [5.41, 5.74) is 28.0. The van der Waals surface area contributed by atoms with E-state index < -0.39 is 0 Å². The van der Waals surface area contributed by atoms with Gasteiger partial charge in [-0.1, -0.05) is 298 Å². The average molecular weight is 1330 g/mol. The SMILES string of the molecule is CC(C)(C)c1cc(N(c2cccc(-n3c4ccc(C(C)(C)C)cc4c4cc(C(C)(C)C)ccc43)c2)c2c(-c3ccccc3)cccc2-c2ccccc2)cc(N(c2cccc(-n3c4ccc(C(C)(C)C)cc4c4cc(C(C)(C)C)ccc43)c2)c2c(-c3ccccc3)cccc2-c2ccccc2)c1. The van der Waals surface area contributed by atoms with Crippen molar-refractivity contribution in [1.29, 1.82) is 0 Å². The molecule has 0 spiro atoms. The standard InChI is InChI=1S/C98H94N4/c1-94(2,3)69-48-52-88-84(58-69)85-59-70(95(4,5)6)49-53-89(85)101(88)76-42-28-40-74(62-76)99(92-80(65-32-20-16-21-33-65)44-30-45-81(92)66-34-22-17-23-35-66)78-56-73(98(13,14)15)57-79(64-78)100(93-82(67-36-24-18-25-37-67)46-31-47-83(93)68-38-26-19-27-39-68)75-41-29-43-77(63-75)102-90-54-50-71(96(7,8)9)60-86(90)87-61-72(97(10,11)12)51-55-91(87)102/h16-64H,1-15H3. The summed E-state index contributed by atoms with van der Waals surface area (Å²) < 4.78 is 5.02. The summed E-state index contributed by atoms with van der Waals surface area (Å²) in [6.07, 6.45) is 0. The van der Waals surface area contributed by atoms with Crippen LogP contribution in [0.2, 0.25) is 0 Å². The van der Waals surface area contributed by atoms with Crippen LogP contribution in [-0.2, 0) is 27.1 Å². The summed E-state index contributed by atoms with van der Waals surface area (Å²) in [6.45, 7) is 34.9. The Balaban J connectivity index is 1.06.